The lowest BCUT2D eigenvalue weighted by atomic mass is 10.0. The Balaban J connectivity index is 1.59. The highest BCUT2D eigenvalue weighted by molar-refractivity contribution is 5.85. The third-order valence-electron chi connectivity index (χ3n) is 4.48. The zero-order valence-electron chi connectivity index (χ0n) is 14.5. The summed E-state index contributed by atoms with van der Waals surface area (Å²) in [6.45, 7) is 4.73. The second-order valence-electron chi connectivity index (χ2n) is 6.26. The van der Waals surface area contributed by atoms with Gasteiger partial charge < -0.3 is 20.1 Å². The molecule has 0 spiro atoms. The summed E-state index contributed by atoms with van der Waals surface area (Å²) in [6, 6.07) is 6.19. The molecule has 2 aliphatic heterocycles. The predicted octanol–water partition coefficient (Wildman–Crippen LogP) is 0.847. The number of carbonyl (C=O) groups is 2. The van der Waals surface area contributed by atoms with Gasteiger partial charge in [-0.2, -0.15) is 0 Å². The van der Waals surface area contributed by atoms with Gasteiger partial charge in [-0.15, -0.1) is 0 Å². The van der Waals surface area contributed by atoms with Gasteiger partial charge in [-0.1, -0.05) is 6.07 Å². The van der Waals surface area contributed by atoms with Crippen LogP contribution in [0.15, 0.2) is 18.2 Å². The number of nitrogens with zero attached hydrogens (tertiary/aromatic N) is 1. The molecule has 0 bridgehead atoms. The smallest absolute Gasteiger partial charge is 0.239 e. The van der Waals surface area contributed by atoms with E-state index in [2.05, 4.69) is 15.5 Å². The van der Waals surface area contributed by atoms with Crippen LogP contribution in [0.25, 0.3) is 0 Å². The Labute approximate surface area is 147 Å². The number of hydrogen-bond donors (Lipinski definition) is 2. The molecule has 0 unspecified atom stereocenters. The van der Waals surface area contributed by atoms with Crippen molar-refractivity contribution in [1.29, 1.82) is 0 Å². The lowest BCUT2D eigenvalue weighted by molar-refractivity contribution is -0.126. The van der Waals surface area contributed by atoms with E-state index in [9.17, 15) is 9.59 Å². The van der Waals surface area contributed by atoms with E-state index in [0.29, 0.717) is 26.3 Å². The second-order valence-corrected chi connectivity index (χ2v) is 6.26. The van der Waals surface area contributed by atoms with Crippen LogP contribution in [0.2, 0.25) is 0 Å². The SMILES string of the molecule is CCNC(=O)CNC(=O)CN1CCC[C@@H]1c1ccc2c(c1)OCCO2. The van der Waals surface area contributed by atoms with Crippen molar-refractivity contribution in [3.63, 3.8) is 0 Å². The average molecular weight is 347 g/mol. The van der Waals surface area contributed by atoms with E-state index in [-0.39, 0.29) is 24.4 Å². The maximum Gasteiger partial charge on any atom is 0.239 e. The molecule has 25 heavy (non-hydrogen) atoms. The fraction of sp³-hybridized carbons (Fsp3) is 0.556. The fourth-order valence-corrected chi connectivity index (χ4v) is 3.34. The largest absolute Gasteiger partial charge is 0.486 e. The molecule has 1 fully saturated rings. The van der Waals surface area contributed by atoms with Gasteiger partial charge in [-0.05, 0) is 44.0 Å². The van der Waals surface area contributed by atoms with E-state index in [1.54, 1.807) is 0 Å². The summed E-state index contributed by atoms with van der Waals surface area (Å²) in [6.07, 6.45) is 2.05. The van der Waals surface area contributed by atoms with Gasteiger partial charge in [0.1, 0.15) is 13.2 Å². The van der Waals surface area contributed by atoms with E-state index in [0.717, 1.165) is 36.4 Å². The Hall–Kier alpha value is -2.28. The van der Waals surface area contributed by atoms with Crippen molar-refractivity contribution < 1.29 is 19.1 Å². The van der Waals surface area contributed by atoms with Crippen molar-refractivity contribution in [3.05, 3.63) is 23.8 Å². The lowest BCUT2D eigenvalue weighted by Gasteiger charge is -2.26. The molecule has 0 radical (unpaired) electrons. The molecule has 2 heterocycles. The Morgan fingerprint density at radius 2 is 1.96 bits per heavy atom. The molecule has 0 aliphatic carbocycles. The van der Waals surface area contributed by atoms with Crippen LogP contribution < -0.4 is 20.1 Å². The normalized spacial score (nSPS) is 19.5. The molecule has 1 aromatic rings. The van der Waals surface area contributed by atoms with Gasteiger partial charge in [0.05, 0.1) is 13.1 Å². The summed E-state index contributed by atoms with van der Waals surface area (Å²) < 4.78 is 11.2. The molecule has 2 amide bonds. The highest BCUT2D eigenvalue weighted by atomic mass is 16.6. The zero-order chi connectivity index (χ0) is 17.6. The maximum absolute atomic E-state index is 12.1. The minimum Gasteiger partial charge on any atom is -0.486 e. The molecular formula is C18H25N3O4. The predicted molar refractivity (Wildman–Crippen MR) is 92.7 cm³/mol. The van der Waals surface area contributed by atoms with Crippen LogP contribution in [0.4, 0.5) is 0 Å². The molecule has 0 aromatic heterocycles. The monoisotopic (exact) mass is 347 g/mol. The van der Waals surface area contributed by atoms with E-state index >= 15 is 0 Å². The highest BCUT2D eigenvalue weighted by Crippen LogP contribution is 2.37. The van der Waals surface area contributed by atoms with Gasteiger partial charge in [0.2, 0.25) is 11.8 Å². The van der Waals surface area contributed by atoms with Crippen LogP contribution in [0.3, 0.4) is 0 Å². The topological polar surface area (TPSA) is 79.9 Å². The van der Waals surface area contributed by atoms with Crippen LogP contribution in [-0.2, 0) is 9.59 Å². The van der Waals surface area contributed by atoms with E-state index in [1.807, 2.05) is 25.1 Å². The number of rotatable bonds is 6. The molecule has 1 saturated heterocycles. The number of likely N-dealkylation sites (N-methyl/N-ethyl adjacent to an activating group) is 1. The first-order valence-corrected chi connectivity index (χ1v) is 8.84. The Morgan fingerprint density at radius 1 is 1.16 bits per heavy atom. The molecular weight excluding hydrogens is 322 g/mol. The minimum atomic E-state index is -0.166. The third kappa shape index (κ3) is 4.42. The van der Waals surface area contributed by atoms with Crippen molar-refractivity contribution in [1.82, 2.24) is 15.5 Å². The van der Waals surface area contributed by atoms with E-state index in [4.69, 9.17) is 9.47 Å². The summed E-state index contributed by atoms with van der Waals surface area (Å²) >= 11 is 0. The third-order valence-corrected chi connectivity index (χ3v) is 4.48. The standard InChI is InChI=1S/C18H25N3O4/c1-2-19-17(22)11-20-18(23)12-21-7-3-4-14(21)13-5-6-15-16(10-13)25-9-8-24-15/h5-6,10,14H,2-4,7-9,11-12H2,1H3,(H,19,22)(H,20,23)/t14-/m1/s1. The summed E-state index contributed by atoms with van der Waals surface area (Å²) in [5.74, 6) is 1.26. The van der Waals surface area contributed by atoms with Gasteiger partial charge in [-0.3, -0.25) is 14.5 Å². The molecule has 2 aliphatic rings. The highest BCUT2D eigenvalue weighted by Gasteiger charge is 2.28. The van der Waals surface area contributed by atoms with Crippen molar-refractivity contribution in [2.24, 2.45) is 0 Å². The number of ether oxygens (including phenoxy) is 2. The van der Waals surface area contributed by atoms with Crippen molar-refractivity contribution in [2.45, 2.75) is 25.8 Å². The fourth-order valence-electron chi connectivity index (χ4n) is 3.34. The summed E-state index contributed by atoms with van der Waals surface area (Å²) in [5.41, 5.74) is 1.14. The van der Waals surface area contributed by atoms with Gasteiger partial charge in [0, 0.05) is 12.6 Å². The quantitative estimate of drug-likeness (QED) is 0.797. The summed E-state index contributed by atoms with van der Waals surface area (Å²) in [4.78, 5) is 25.7. The summed E-state index contributed by atoms with van der Waals surface area (Å²) in [5, 5.41) is 5.34. The van der Waals surface area contributed by atoms with Crippen LogP contribution in [0.5, 0.6) is 11.5 Å². The van der Waals surface area contributed by atoms with Gasteiger partial charge in [0.25, 0.3) is 0 Å². The minimum absolute atomic E-state index is 0.0230. The first-order chi connectivity index (χ1) is 12.2. The molecule has 2 N–H and O–H groups in total. The van der Waals surface area contributed by atoms with E-state index < -0.39 is 0 Å². The van der Waals surface area contributed by atoms with Crippen LogP contribution in [0.1, 0.15) is 31.4 Å². The number of benzene rings is 1. The van der Waals surface area contributed by atoms with Crippen LogP contribution in [-0.4, -0.2) is 56.1 Å². The van der Waals surface area contributed by atoms with Crippen molar-refractivity contribution in [2.75, 3.05) is 39.4 Å². The molecule has 1 aromatic carbocycles. The van der Waals surface area contributed by atoms with Gasteiger partial charge >= 0.3 is 0 Å². The number of carbonyl (C=O) groups excluding carboxylic acids is 2. The van der Waals surface area contributed by atoms with E-state index in [1.165, 1.54) is 0 Å². The Kier molecular flexibility index (Phi) is 5.75. The van der Waals surface area contributed by atoms with Gasteiger partial charge in [0.15, 0.2) is 11.5 Å². The first-order valence-electron chi connectivity index (χ1n) is 8.84. The first kappa shape index (κ1) is 17.5. The number of hydrogen-bond acceptors (Lipinski definition) is 5. The van der Waals surface area contributed by atoms with Crippen molar-refractivity contribution >= 4 is 11.8 Å². The van der Waals surface area contributed by atoms with Gasteiger partial charge in [-0.25, -0.2) is 0 Å². The number of fused-ring (bicyclic) bond motifs is 1. The molecule has 136 valence electrons. The molecule has 1 atom stereocenters. The van der Waals surface area contributed by atoms with Crippen LogP contribution >= 0.6 is 0 Å². The number of likely N-dealkylation sites (tertiary alicyclic amines) is 1. The molecule has 7 nitrogen and oxygen atoms in total. The molecule has 0 saturated carbocycles. The average Bonchev–Trinajstić information content (AvgIpc) is 3.08. The number of amides is 2. The lowest BCUT2D eigenvalue weighted by Crippen LogP contribution is -2.41. The Bertz CT molecular complexity index is 635. The van der Waals surface area contributed by atoms with Crippen LogP contribution in [0, 0.1) is 0 Å². The molecule has 7 heteroatoms. The molecule has 3 rings (SSSR count). The Morgan fingerprint density at radius 3 is 2.76 bits per heavy atom. The number of nitrogens with one attached hydrogen (secondary N) is 2. The van der Waals surface area contributed by atoms with Crippen molar-refractivity contribution in [3.8, 4) is 11.5 Å². The maximum atomic E-state index is 12.1. The second kappa shape index (κ2) is 8.20. The summed E-state index contributed by atoms with van der Waals surface area (Å²) in [7, 11) is 0. The zero-order valence-corrected chi connectivity index (χ0v) is 14.5.